The number of hydrogen-bond acceptors (Lipinski definition) is 4. The number of anilines is 1. The topological polar surface area (TPSA) is 74.2 Å². The average Bonchev–Trinajstić information content (AvgIpc) is 2.42. The second kappa shape index (κ2) is 6.20. The first-order chi connectivity index (χ1) is 9.20. The Balaban J connectivity index is 2.05. The van der Waals surface area contributed by atoms with Crippen LogP contribution in [0.25, 0.3) is 0 Å². The molecule has 0 aliphatic carbocycles. The molecule has 100 valence electrons. The lowest BCUT2D eigenvalue weighted by atomic mass is 9.99. The van der Waals surface area contributed by atoms with Crippen LogP contribution in [0.5, 0.6) is 5.75 Å². The van der Waals surface area contributed by atoms with Crippen LogP contribution in [0.2, 0.25) is 0 Å². The molecule has 0 fully saturated rings. The highest BCUT2D eigenvalue weighted by Crippen LogP contribution is 2.20. The summed E-state index contributed by atoms with van der Waals surface area (Å²) in [5.74, 6) is 0.872. The molecule has 4 nitrogen and oxygen atoms in total. The van der Waals surface area contributed by atoms with E-state index >= 15 is 0 Å². The van der Waals surface area contributed by atoms with Crippen LogP contribution in [0, 0.1) is 0 Å². The molecule has 1 atom stereocenters. The number of rotatable bonds is 5. The fourth-order valence-corrected chi connectivity index (χ4v) is 2.12. The third kappa shape index (κ3) is 3.45. The zero-order valence-corrected chi connectivity index (χ0v) is 11.0. The standard InChI is InChI=1S/C15H19N3O/c1-19-15-5-3-2-4-11(15)8-13(16)9-12-10-18-7-6-14(12)17/h2-7,10,13H,8-9,16H2,1H3,(H2,17,18). The third-order valence-electron chi connectivity index (χ3n) is 3.10. The molecule has 1 aromatic heterocycles. The van der Waals surface area contributed by atoms with E-state index in [1.807, 2.05) is 24.3 Å². The van der Waals surface area contributed by atoms with E-state index in [1.54, 1.807) is 25.6 Å². The molecule has 4 N–H and O–H groups in total. The first-order valence-electron chi connectivity index (χ1n) is 6.26. The molecule has 2 aromatic rings. The summed E-state index contributed by atoms with van der Waals surface area (Å²) >= 11 is 0. The van der Waals surface area contributed by atoms with E-state index in [0.717, 1.165) is 29.0 Å². The van der Waals surface area contributed by atoms with Crippen LogP contribution in [0.4, 0.5) is 5.69 Å². The van der Waals surface area contributed by atoms with Gasteiger partial charge < -0.3 is 16.2 Å². The quantitative estimate of drug-likeness (QED) is 0.856. The van der Waals surface area contributed by atoms with E-state index in [2.05, 4.69) is 4.98 Å². The van der Waals surface area contributed by atoms with Crippen LogP contribution < -0.4 is 16.2 Å². The van der Waals surface area contributed by atoms with Gasteiger partial charge in [0, 0.05) is 24.1 Å². The largest absolute Gasteiger partial charge is 0.496 e. The number of nitrogen functional groups attached to an aromatic ring is 1. The van der Waals surface area contributed by atoms with E-state index in [1.165, 1.54) is 0 Å². The normalized spacial score (nSPS) is 12.1. The van der Waals surface area contributed by atoms with Crippen molar-refractivity contribution >= 4 is 5.69 Å². The van der Waals surface area contributed by atoms with E-state index in [4.69, 9.17) is 16.2 Å². The number of para-hydroxylation sites is 1. The van der Waals surface area contributed by atoms with Crippen molar-refractivity contribution in [2.75, 3.05) is 12.8 Å². The van der Waals surface area contributed by atoms with Crippen molar-refractivity contribution in [1.82, 2.24) is 4.98 Å². The number of pyridine rings is 1. The van der Waals surface area contributed by atoms with Gasteiger partial charge in [0.25, 0.3) is 0 Å². The molecule has 1 heterocycles. The first-order valence-corrected chi connectivity index (χ1v) is 6.26. The molecule has 4 heteroatoms. The zero-order valence-electron chi connectivity index (χ0n) is 11.0. The Morgan fingerprint density at radius 1 is 1.16 bits per heavy atom. The van der Waals surface area contributed by atoms with E-state index in [-0.39, 0.29) is 6.04 Å². The molecule has 0 saturated heterocycles. The maximum atomic E-state index is 6.19. The summed E-state index contributed by atoms with van der Waals surface area (Å²) in [6, 6.07) is 9.70. The molecule has 0 amide bonds. The maximum Gasteiger partial charge on any atom is 0.122 e. The fraction of sp³-hybridized carbons (Fsp3) is 0.267. The highest BCUT2D eigenvalue weighted by molar-refractivity contribution is 5.45. The number of hydrogen-bond donors (Lipinski definition) is 2. The number of aromatic nitrogens is 1. The van der Waals surface area contributed by atoms with E-state index in [0.29, 0.717) is 6.42 Å². The van der Waals surface area contributed by atoms with Crippen molar-refractivity contribution in [3.8, 4) is 5.75 Å². The Labute approximate surface area is 113 Å². The number of nitrogens with two attached hydrogens (primary N) is 2. The highest BCUT2D eigenvalue weighted by Gasteiger charge is 2.10. The minimum atomic E-state index is -0.0113. The molecule has 2 rings (SSSR count). The Hall–Kier alpha value is -2.07. The molecular formula is C15H19N3O. The molecule has 0 saturated carbocycles. The Morgan fingerprint density at radius 2 is 1.89 bits per heavy atom. The predicted octanol–water partition coefficient (Wildman–Crippen LogP) is 1.78. The van der Waals surface area contributed by atoms with Crippen LogP contribution in [-0.2, 0) is 12.8 Å². The van der Waals surface area contributed by atoms with Crippen LogP contribution in [0.1, 0.15) is 11.1 Å². The smallest absolute Gasteiger partial charge is 0.122 e. The first kappa shape index (κ1) is 13.4. The third-order valence-corrected chi connectivity index (χ3v) is 3.10. The summed E-state index contributed by atoms with van der Waals surface area (Å²) in [6.45, 7) is 0. The zero-order chi connectivity index (χ0) is 13.7. The van der Waals surface area contributed by atoms with Crippen molar-refractivity contribution in [1.29, 1.82) is 0 Å². The van der Waals surface area contributed by atoms with Gasteiger partial charge in [-0.25, -0.2) is 0 Å². The van der Waals surface area contributed by atoms with Gasteiger partial charge in [-0.1, -0.05) is 18.2 Å². The molecule has 19 heavy (non-hydrogen) atoms. The van der Waals surface area contributed by atoms with Crippen molar-refractivity contribution in [2.24, 2.45) is 5.73 Å². The Morgan fingerprint density at radius 3 is 2.63 bits per heavy atom. The number of ether oxygens (including phenoxy) is 1. The summed E-state index contributed by atoms with van der Waals surface area (Å²) in [5, 5.41) is 0. The molecule has 1 unspecified atom stereocenters. The minimum Gasteiger partial charge on any atom is -0.496 e. The van der Waals surface area contributed by atoms with E-state index < -0.39 is 0 Å². The van der Waals surface area contributed by atoms with E-state index in [9.17, 15) is 0 Å². The van der Waals surface area contributed by atoms with Crippen LogP contribution in [0.15, 0.2) is 42.7 Å². The predicted molar refractivity (Wildman–Crippen MR) is 77.0 cm³/mol. The summed E-state index contributed by atoms with van der Waals surface area (Å²) < 4.78 is 5.33. The van der Waals surface area contributed by atoms with Crippen LogP contribution >= 0.6 is 0 Å². The van der Waals surface area contributed by atoms with Gasteiger partial charge in [-0.05, 0) is 36.1 Å². The summed E-state index contributed by atoms with van der Waals surface area (Å²) in [5.41, 5.74) is 14.9. The molecule has 0 bridgehead atoms. The van der Waals surface area contributed by atoms with Crippen molar-refractivity contribution in [3.05, 3.63) is 53.9 Å². The SMILES string of the molecule is COc1ccccc1CC(N)Cc1cnccc1N. The molecule has 0 aliphatic rings. The molecular weight excluding hydrogens is 238 g/mol. The van der Waals surface area contributed by atoms with Gasteiger partial charge in [0.1, 0.15) is 5.75 Å². The lowest BCUT2D eigenvalue weighted by molar-refractivity contribution is 0.408. The van der Waals surface area contributed by atoms with Crippen molar-refractivity contribution < 1.29 is 4.74 Å². The monoisotopic (exact) mass is 257 g/mol. The van der Waals surface area contributed by atoms with Gasteiger partial charge >= 0.3 is 0 Å². The Kier molecular flexibility index (Phi) is 4.36. The summed E-state index contributed by atoms with van der Waals surface area (Å²) in [6.07, 6.45) is 4.91. The van der Waals surface area contributed by atoms with Crippen molar-refractivity contribution in [3.63, 3.8) is 0 Å². The number of benzene rings is 1. The Bertz CT molecular complexity index is 542. The lowest BCUT2D eigenvalue weighted by Crippen LogP contribution is -2.26. The number of nitrogens with zero attached hydrogens (tertiary/aromatic N) is 1. The number of methoxy groups -OCH3 is 1. The van der Waals surface area contributed by atoms with Gasteiger partial charge in [0.05, 0.1) is 7.11 Å². The second-order valence-electron chi connectivity index (χ2n) is 4.55. The summed E-state index contributed by atoms with van der Waals surface area (Å²) in [4.78, 5) is 4.08. The van der Waals surface area contributed by atoms with Crippen LogP contribution in [0.3, 0.4) is 0 Å². The van der Waals surface area contributed by atoms with Gasteiger partial charge in [-0.15, -0.1) is 0 Å². The highest BCUT2D eigenvalue weighted by atomic mass is 16.5. The molecule has 0 radical (unpaired) electrons. The minimum absolute atomic E-state index is 0.0113. The van der Waals surface area contributed by atoms with Gasteiger partial charge in [-0.2, -0.15) is 0 Å². The average molecular weight is 257 g/mol. The van der Waals surface area contributed by atoms with Gasteiger partial charge in [-0.3, -0.25) is 4.98 Å². The summed E-state index contributed by atoms with van der Waals surface area (Å²) in [7, 11) is 1.67. The lowest BCUT2D eigenvalue weighted by Gasteiger charge is -2.15. The second-order valence-corrected chi connectivity index (χ2v) is 4.55. The fourth-order valence-electron chi connectivity index (χ4n) is 2.12. The molecule has 1 aromatic carbocycles. The maximum absolute atomic E-state index is 6.19. The molecule has 0 aliphatic heterocycles. The van der Waals surface area contributed by atoms with Crippen molar-refractivity contribution in [2.45, 2.75) is 18.9 Å². The van der Waals surface area contributed by atoms with Gasteiger partial charge in [0.15, 0.2) is 0 Å². The van der Waals surface area contributed by atoms with Crippen LogP contribution in [-0.4, -0.2) is 18.1 Å². The van der Waals surface area contributed by atoms with Gasteiger partial charge in [0.2, 0.25) is 0 Å². The molecule has 0 spiro atoms.